The predicted octanol–water partition coefficient (Wildman–Crippen LogP) is 1.47. The number of nitrogens with zero attached hydrogens (tertiary/aromatic N) is 4. The van der Waals surface area contributed by atoms with Crippen molar-refractivity contribution >= 4 is 28.1 Å². The lowest BCUT2D eigenvalue weighted by atomic mass is 10.3. The van der Waals surface area contributed by atoms with E-state index in [4.69, 9.17) is 5.73 Å². The number of rotatable bonds is 4. The van der Waals surface area contributed by atoms with Gasteiger partial charge in [0.15, 0.2) is 4.96 Å². The highest BCUT2D eigenvalue weighted by Crippen LogP contribution is 2.29. The quantitative estimate of drug-likeness (QED) is 0.756. The summed E-state index contributed by atoms with van der Waals surface area (Å²) in [6.07, 6.45) is 2.81. The van der Waals surface area contributed by atoms with Crippen LogP contribution in [-0.4, -0.2) is 31.1 Å². The molecule has 0 unspecified atom stereocenters. The van der Waals surface area contributed by atoms with Gasteiger partial charge in [0.2, 0.25) is 5.16 Å². The molecule has 0 aliphatic carbocycles. The summed E-state index contributed by atoms with van der Waals surface area (Å²) in [4.78, 5) is 9.85. The average Bonchev–Trinajstić information content (AvgIpc) is 3.00. The number of hydrogen-bond acceptors (Lipinski definition) is 6. The summed E-state index contributed by atoms with van der Waals surface area (Å²) in [5.74, 6) is 0.805. The van der Waals surface area contributed by atoms with Gasteiger partial charge in [-0.25, -0.2) is 9.97 Å². The molecule has 0 saturated carbocycles. The van der Waals surface area contributed by atoms with Crippen molar-refractivity contribution in [1.82, 2.24) is 24.6 Å². The molecule has 0 atom stereocenters. The van der Waals surface area contributed by atoms with E-state index >= 15 is 0 Å². The van der Waals surface area contributed by atoms with Gasteiger partial charge in [-0.3, -0.25) is 9.50 Å². The molecule has 0 aliphatic rings. The van der Waals surface area contributed by atoms with E-state index in [9.17, 15) is 0 Å². The first-order valence-corrected chi connectivity index (χ1v) is 7.19. The van der Waals surface area contributed by atoms with E-state index in [0.29, 0.717) is 11.7 Å². The largest absolute Gasteiger partial charge is 0.330 e. The van der Waals surface area contributed by atoms with E-state index in [2.05, 4.69) is 24.6 Å². The third-order valence-corrected chi connectivity index (χ3v) is 4.11. The predicted molar refractivity (Wildman–Crippen MR) is 71.1 cm³/mol. The summed E-state index contributed by atoms with van der Waals surface area (Å²) >= 11 is 3.08. The summed E-state index contributed by atoms with van der Waals surface area (Å²) in [5.41, 5.74) is 6.79. The van der Waals surface area contributed by atoms with E-state index in [1.54, 1.807) is 11.3 Å². The number of aromatic nitrogens is 5. The van der Waals surface area contributed by atoms with Crippen LogP contribution < -0.4 is 5.73 Å². The minimum Gasteiger partial charge on any atom is -0.330 e. The molecule has 8 heteroatoms. The van der Waals surface area contributed by atoms with Crippen LogP contribution in [0, 0.1) is 6.92 Å². The summed E-state index contributed by atoms with van der Waals surface area (Å²) in [7, 11) is 0. The maximum absolute atomic E-state index is 5.66. The fraction of sp³-hybridized carbons (Fsp3) is 0.300. The Morgan fingerprint density at radius 2 is 2.39 bits per heavy atom. The SMILES string of the molecule is Cc1nc(Sc2nc3sccn3c2CCN)n[nH]1. The molecule has 6 nitrogen and oxygen atoms in total. The molecule has 0 aliphatic heterocycles. The van der Waals surface area contributed by atoms with Gasteiger partial charge in [-0.2, -0.15) is 0 Å². The molecule has 3 aromatic rings. The Balaban J connectivity index is 1.99. The van der Waals surface area contributed by atoms with Crippen LogP contribution in [0.1, 0.15) is 11.5 Å². The van der Waals surface area contributed by atoms with Gasteiger partial charge in [0.05, 0.1) is 5.69 Å². The first-order valence-electron chi connectivity index (χ1n) is 5.49. The van der Waals surface area contributed by atoms with Crippen molar-refractivity contribution in [3.05, 3.63) is 23.1 Å². The van der Waals surface area contributed by atoms with E-state index in [0.717, 1.165) is 27.9 Å². The minimum absolute atomic E-state index is 0.601. The van der Waals surface area contributed by atoms with Gasteiger partial charge in [0.1, 0.15) is 10.9 Å². The van der Waals surface area contributed by atoms with Gasteiger partial charge in [-0.05, 0) is 25.2 Å². The Kier molecular flexibility index (Phi) is 3.06. The summed E-state index contributed by atoms with van der Waals surface area (Å²) in [6, 6.07) is 0. The van der Waals surface area contributed by atoms with E-state index in [-0.39, 0.29) is 0 Å². The van der Waals surface area contributed by atoms with Crippen molar-refractivity contribution in [3.63, 3.8) is 0 Å². The van der Waals surface area contributed by atoms with Gasteiger partial charge < -0.3 is 5.73 Å². The molecule has 0 amide bonds. The first kappa shape index (κ1) is 11.7. The summed E-state index contributed by atoms with van der Waals surface area (Å²) < 4.78 is 2.08. The maximum atomic E-state index is 5.66. The molecule has 3 heterocycles. The molecule has 0 spiro atoms. The summed E-state index contributed by atoms with van der Waals surface area (Å²) in [6.45, 7) is 2.48. The number of hydrogen-bond donors (Lipinski definition) is 2. The molecule has 0 saturated heterocycles. The van der Waals surface area contributed by atoms with Crippen molar-refractivity contribution in [1.29, 1.82) is 0 Å². The summed E-state index contributed by atoms with van der Waals surface area (Å²) in [5, 5.41) is 10.6. The van der Waals surface area contributed by atoms with Crippen molar-refractivity contribution in [2.75, 3.05) is 6.54 Å². The van der Waals surface area contributed by atoms with Gasteiger partial charge in [-0.1, -0.05) is 0 Å². The van der Waals surface area contributed by atoms with Crippen LogP contribution in [-0.2, 0) is 6.42 Å². The van der Waals surface area contributed by atoms with Gasteiger partial charge in [-0.15, -0.1) is 16.4 Å². The number of nitrogens with two attached hydrogens (primary N) is 1. The smallest absolute Gasteiger partial charge is 0.214 e. The van der Waals surface area contributed by atoms with Crippen LogP contribution in [0.25, 0.3) is 4.96 Å². The Morgan fingerprint density at radius 3 is 3.11 bits per heavy atom. The molecular weight excluding hydrogens is 268 g/mol. The second-order valence-corrected chi connectivity index (χ2v) is 5.59. The Hall–Kier alpha value is -1.38. The normalized spacial score (nSPS) is 11.4. The Bertz CT molecular complexity index is 667. The Labute approximate surface area is 112 Å². The van der Waals surface area contributed by atoms with Gasteiger partial charge in [0.25, 0.3) is 0 Å². The van der Waals surface area contributed by atoms with Crippen molar-refractivity contribution in [2.45, 2.75) is 23.5 Å². The standard InChI is InChI=1S/C10H12N6S2/c1-6-12-9(15-14-6)18-8-7(2-3-11)16-4-5-17-10(16)13-8/h4-5H,2-3,11H2,1H3,(H,12,14,15). The molecule has 0 aromatic carbocycles. The Morgan fingerprint density at radius 1 is 1.50 bits per heavy atom. The molecule has 3 N–H and O–H groups in total. The number of aryl methyl sites for hydroxylation is 1. The maximum Gasteiger partial charge on any atom is 0.214 e. The molecule has 3 rings (SSSR count). The third-order valence-electron chi connectivity index (χ3n) is 2.47. The van der Waals surface area contributed by atoms with Crippen LogP contribution in [0.3, 0.4) is 0 Å². The highest BCUT2D eigenvalue weighted by atomic mass is 32.2. The van der Waals surface area contributed by atoms with Crippen molar-refractivity contribution < 1.29 is 0 Å². The zero-order valence-electron chi connectivity index (χ0n) is 9.75. The number of H-pyrrole nitrogens is 1. The lowest BCUT2D eigenvalue weighted by Gasteiger charge is -1.99. The highest BCUT2D eigenvalue weighted by Gasteiger charge is 2.15. The molecule has 18 heavy (non-hydrogen) atoms. The van der Waals surface area contributed by atoms with Crippen LogP contribution in [0.15, 0.2) is 21.8 Å². The van der Waals surface area contributed by atoms with E-state index in [1.807, 2.05) is 18.5 Å². The van der Waals surface area contributed by atoms with Crippen molar-refractivity contribution in [2.24, 2.45) is 5.73 Å². The zero-order valence-corrected chi connectivity index (χ0v) is 11.4. The van der Waals surface area contributed by atoms with Gasteiger partial charge >= 0.3 is 0 Å². The molecule has 3 aromatic heterocycles. The average molecular weight is 280 g/mol. The van der Waals surface area contributed by atoms with Crippen LogP contribution in [0.4, 0.5) is 0 Å². The zero-order chi connectivity index (χ0) is 12.5. The number of nitrogens with one attached hydrogen (secondary N) is 1. The van der Waals surface area contributed by atoms with E-state index < -0.39 is 0 Å². The fourth-order valence-corrected chi connectivity index (χ4v) is 3.40. The van der Waals surface area contributed by atoms with Crippen LogP contribution in [0.2, 0.25) is 0 Å². The number of aromatic amines is 1. The highest BCUT2D eigenvalue weighted by molar-refractivity contribution is 7.99. The third kappa shape index (κ3) is 2.02. The molecular formula is C10H12N6S2. The number of imidazole rings is 1. The molecule has 94 valence electrons. The van der Waals surface area contributed by atoms with Crippen LogP contribution >= 0.6 is 23.1 Å². The minimum atomic E-state index is 0.601. The van der Waals surface area contributed by atoms with Gasteiger partial charge in [0, 0.05) is 18.0 Å². The van der Waals surface area contributed by atoms with Crippen LogP contribution in [0.5, 0.6) is 0 Å². The molecule has 0 fully saturated rings. The monoisotopic (exact) mass is 280 g/mol. The topological polar surface area (TPSA) is 84.9 Å². The van der Waals surface area contributed by atoms with E-state index in [1.165, 1.54) is 11.8 Å². The van der Waals surface area contributed by atoms with Crippen molar-refractivity contribution in [3.8, 4) is 0 Å². The fourth-order valence-electron chi connectivity index (χ4n) is 1.71. The molecule has 0 bridgehead atoms. The lowest BCUT2D eigenvalue weighted by Crippen LogP contribution is -2.05. The number of fused-ring (bicyclic) bond motifs is 1. The first-order chi connectivity index (χ1) is 8.78. The molecule has 0 radical (unpaired) electrons. The second-order valence-electron chi connectivity index (χ2n) is 3.76. The lowest BCUT2D eigenvalue weighted by molar-refractivity contribution is 0.875. The number of thiazole rings is 1. The second kappa shape index (κ2) is 4.71.